The van der Waals surface area contributed by atoms with E-state index >= 15 is 0 Å². The van der Waals surface area contributed by atoms with Gasteiger partial charge >= 0.3 is 6.18 Å². The van der Waals surface area contributed by atoms with E-state index in [0.29, 0.717) is 31.3 Å². The van der Waals surface area contributed by atoms with Gasteiger partial charge in [-0.15, -0.1) is 0 Å². The van der Waals surface area contributed by atoms with Gasteiger partial charge in [0, 0.05) is 19.8 Å². The number of halogens is 3. The Bertz CT molecular complexity index is 965. The van der Waals surface area contributed by atoms with Crippen LogP contribution in [0.15, 0.2) is 48.5 Å². The van der Waals surface area contributed by atoms with E-state index in [-0.39, 0.29) is 12.3 Å². The first-order chi connectivity index (χ1) is 13.9. The second kappa shape index (κ2) is 9.09. The van der Waals surface area contributed by atoms with Gasteiger partial charge in [0.1, 0.15) is 0 Å². The fraction of sp³-hybridized carbons (Fsp3) is 0.333. The van der Waals surface area contributed by atoms with Gasteiger partial charge in [-0.25, -0.2) is 4.98 Å². The van der Waals surface area contributed by atoms with Crippen LogP contribution in [0.1, 0.15) is 24.5 Å². The molecule has 0 saturated carbocycles. The Morgan fingerprint density at radius 3 is 2.55 bits per heavy atom. The van der Waals surface area contributed by atoms with Gasteiger partial charge in [0.05, 0.1) is 23.0 Å². The number of para-hydroxylation sites is 2. The van der Waals surface area contributed by atoms with Crippen molar-refractivity contribution in [2.75, 3.05) is 18.5 Å². The van der Waals surface area contributed by atoms with Crippen LogP contribution < -0.4 is 5.32 Å². The van der Waals surface area contributed by atoms with Crippen molar-refractivity contribution >= 4 is 22.9 Å². The van der Waals surface area contributed by atoms with Gasteiger partial charge in [-0.05, 0) is 43.2 Å². The number of aromatic nitrogens is 2. The van der Waals surface area contributed by atoms with E-state index in [1.165, 1.54) is 12.1 Å². The minimum Gasteiger partial charge on any atom is -0.382 e. The first kappa shape index (κ1) is 20.9. The van der Waals surface area contributed by atoms with Crippen LogP contribution in [0, 0.1) is 0 Å². The molecule has 1 N–H and O–H groups in total. The summed E-state index contributed by atoms with van der Waals surface area (Å²) in [6.07, 6.45) is -3.68. The molecule has 1 amide bonds. The number of benzene rings is 2. The third kappa shape index (κ3) is 5.35. The Hall–Kier alpha value is -2.87. The molecule has 0 aliphatic heterocycles. The monoisotopic (exact) mass is 405 g/mol. The summed E-state index contributed by atoms with van der Waals surface area (Å²) in [5.41, 5.74) is 1.41. The average Bonchev–Trinajstić information content (AvgIpc) is 3.02. The van der Waals surface area contributed by atoms with E-state index in [4.69, 9.17) is 4.74 Å². The number of hydrogen-bond acceptors (Lipinski definition) is 3. The molecule has 0 saturated heterocycles. The van der Waals surface area contributed by atoms with Crippen LogP contribution in [0.5, 0.6) is 0 Å². The molecule has 0 radical (unpaired) electrons. The van der Waals surface area contributed by atoms with E-state index in [2.05, 4.69) is 10.3 Å². The Labute approximate surface area is 166 Å². The summed E-state index contributed by atoms with van der Waals surface area (Å²) < 4.78 is 45.3. The molecule has 3 rings (SSSR count). The molecule has 8 heteroatoms. The maximum Gasteiger partial charge on any atom is 0.416 e. The number of alkyl halides is 3. The zero-order valence-electron chi connectivity index (χ0n) is 16.0. The number of amides is 1. The summed E-state index contributed by atoms with van der Waals surface area (Å²) in [6, 6.07) is 12.1. The van der Waals surface area contributed by atoms with Gasteiger partial charge < -0.3 is 9.30 Å². The summed E-state index contributed by atoms with van der Waals surface area (Å²) in [5, 5.41) is 2.78. The van der Waals surface area contributed by atoms with Gasteiger partial charge in [0.15, 0.2) is 0 Å². The second-order valence-electron chi connectivity index (χ2n) is 6.55. The number of imidazole rings is 1. The standard InChI is InChI=1S/C21H22F3N3O2/c1-2-29-13-5-12-27-18-7-4-3-6-17(18)25-20(27)26-19(28)14-15-8-10-16(11-9-15)21(22,23)24/h3-4,6-11H,2,5,12-14H2,1H3,(H,25,26,28). The summed E-state index contributed by atoms with van der Waals surface area (Å²) in [6.45, 7) is 3.79. The lowest BCUT2D eigenvalue weighted by molar-refractivity contribution is -0.137. The third-order valence-electron chi connectivity index (χ3n) is 4.43. The lowest BCUT2D eigenvalue weighted by Gasteiger charge is -2.11. The van der Waals surface area contributed by atoms with Gasteiger partial charge in [-0.3, -0.25) is 10.1 Å². The Morgan fingerprint density at radius 2 is 1.86 bits per heavy atom. The number of fused-ring (bicyclic) bond motifs is 1. The molecule has 0 unspecified atom stereocenters. The highest BCUT2D eigenvalue weighted by atomic mass is 19.4. The summed E-state index contributed by atoms with van der Waals surface area (Å²) in [5.74, 6) is 0.0748. The number of nitrogens with zero attached hydrogens (tertiary/aromatic N) is 2. The number of anilines is 1. The molecule has 0 aliphatic carbocycles. The van der Waals surface area contributed by atoms with Crippen molar-refractivity contribution in [3.05, 3.63) is 59.7 Å². The zero-order valence-corrected chi connectivity index (χ0v) is 16.0. The second-order valence-corrected chi connectivity index (χ2v) is 6.55. The van der Waals surface area contributed by atoms with Crippen LogP contribution in [0.25, 0.3) is 11.0 Å². The summed E-state index contributed by atoms with van der Waals surface area (Å²) in [4.78, 5) is 16.9. The fourth-order valence-corrected chi connectivity index (χ4v) is 3.03. The van der Waals surface area contributed by atoms with Crippen LogP contribution in [-0.4, -0.2) is 28.7 Å². The molecule has 2 aromatic carbocycles. The first-order valence-electron chi connectivity index (χ1n) is 9.37. The molecule has 0 fully saturated rings. The van der Waals surface area contributed by atoms with E-state index in [0.717, 1.165) is 29.6 Å². The predicted octanol–water partition coefficient (Wildman–Crippen LogP) is 4.66. The molecule has 0 atom stereocenters. The molecule has 1 aromatic heterocycles. The average molecular weight is 405 g/mol. The molecule has 1 heterocycles. The van der Waals surface area contributed by atoms with E-state index in [9.17, 15) is 18.0 Å². The number of ether oxygens (including phenoxy) is 1. The zero-order chi connectivity index (χ0) is 20.9. The van der Waals surface area contributed by atoms with Gasteiger partial charge in [-0.2, -0.15) is 13.2 Å². The SMILES string of the molecule is CCOCCCn1c(NC(=O)Cc2ccc(C(F)(F)F)cc2)nc2ccccc21. The minimum atomic E-state index is -4.40. The lowest BCUT2D eigenvalue weighted by atomic mass is 10.1. The number of aryl methyl sites for hydroxylation is 1. The molecule has 3 aromatic rings. The predicted molar refractivity (Wildman–Crippen MR) is 105 cm³/mol. The van der Waals surface area contributed by atoms with E-state index in [1.807, 2.05) is 35.8 Å². The quantitative estimate of drug-likeness (QED) is 0.555. The molecule has 5 nitrogen and oxygen atoms in total. The maximum atomic E-state index is 12.7. The largest absolute Gasteiger partial charge is 0.416 e. The van der Waals surface area contributed by atoms with Gasteiger partial charge in [0.2, 0.25) is 11.9 Å². The van der Waals surface area contributed by atoms with Crippen molar-refractivity contribution in [3.8, 4) is 0 Å². The molecule has 29 heavy (non-hydrogen) atoms. The number of carbonyl (C=O) groups is 1. The smallest absolute Gasteiger partial charge is 0.382 e. The Kier molecular flexibility index (Phi) is 6.53. The summed E-state index contributed by atoms with van der Waals surface area (Å²) in [7, 11) is 0. The summed E-state index contributed by atoms with van der Waals surface area (Å²) >= 11 is 0. The van der Waals surface area contributed by atoms with Crippen molar-refractivity contribution in [3.63, 3.8) is 0 Å². The van der Waals surface area contributed by atoms with Gasteiger partial charge in [0.25, 0.3) is 0 Å². The van der Waals surface area contributed by atoms with Gasteiger partial charge in [-0.1, -0.05) is 24.3 Å². The number of hydrogen-bond donors (Lipinski definition) is 1. The van der Waals surface area contributed by atoms with Crippen molar-refractivity contribution in [1.82, 2.24) is 9.55 Å². The van der Waals surface area contributed by atoms with Crippen molar-refractivity contribution in [2.24, 2.45) is 0 Å². The van der Waals surface area contributed by atoms with Crippen molar-refractivity contribution < 1.29 is 22.7 Å². The van der Waals surface area contributed by atoms with Crippen LogP contribution in [-0.2, 0) is 28.7 Å². The Balaban J connectivity index is 1.72. The fourth-order valence-electron chi connectivity index (χ4n) is 3.03. The molecule has 0 spiro atoms. The van der Waals surface area contributed by atoms with Crippen LogP contribution in [0.4, 0.5) is 19.1 Å². The molecule has 0 bridgehead atoms. The van der Waals surface area contributed by atoms with Crippen LogP contribution in [0.2, 0.25) is 0 Å². The number of carbonyl (C=O) groups excluding carboxylic acids is 1. The topological polar surface area (TPSA) is 56.1 Å². The highest BCUT2D eigenvalue weighted by molar-refractivity contribution is 5.92. The first-order valence-corrected chi connectivity index (χ1v) is 9.37. The third-order valence-corrected chi connectivity index (χ3v) is 4.43. The highest BCUT2D eigenvalue weighted by Crippen LogP contribution is 2.29. The van der Waals surface area contributed by atoms with Crippen molar-refractivity contribution in [1.29, 1.82) is 0 Å². The highest BCUT2D eigenvalue weighted by Gasteiger charge is 2.30. The molecular formula is C21H22F3N3O2. The van der Waals surface area contributed by atoms with Crippen LogP contribution >= 0.6 is 0 Å². The number of rotatable bonds is 8. The molecule has 0 aliphatic rings. The van der Waals surface area contributed by atoms with E-state index in [1.54, 1.807) is 0 Å². The van der Waals surface area contributed by atoms with Crippen LogP contribution in [0.3, 0.4) is 0 Å². The van der Waals surface area contributed by atoms with Crippen molar-refractivity contribution in [2.45, 2.75) is 32.5 Å². The normalized spacial score (nSPS) is 11.7. The molecular weight excluding hydrogens is 383 g/mol. The maximum absolute atomic E-state index is 12.7. The minimum absolute atomic E-state index is 0.0414. The lowest BCUT2D eigenvalue weighted by Crippen LogP contribution is -2.18. The van der Waals surface area contributed by atoms with E-state index < -0.39 is 11.7 Å². The Morgan fingerprint density at radius 1 is 1.14 bits per heavy atom. The number of nitrogens with one attached hydrogen (secondary N) is 1. The molecule has 154 valence electrons.